The Morgan fingerprint density at radius 3 is 2.37 bits per heavy atom. The second-order valence-electron chi connectivity index (χ2n) is 8.07. The van der Waals surface area contributed by atoms with Crippen molar-refractivity contribution in [2.75, 3.05) is 5.32 Å². The summed E-state index contributed by atoms with van der Waals surface area (Å²) in [7, 11) is -1.80. The number of carbonyl (C=O) groups is 3. The van der Waals surface area contributed by atoms with Crippen LogP contribution in [0.15, 0.2) is 24.3 Å². The van der Waals surface area contributed by atoms with Crippen LogP contribution in [0.4, 0.5) is 5.69 Å². The van der Waals surface area contributed by atoms with Crippen LogP contribution in [-0.2, 0) is 9.59 Å². The van der Waals surface area contributed by atoms with E-state index in [9.17, 15) is 14.4 Å². The van der Waals surface area contributed by atoms with Gasteiger partial charge in [-0.2, -0.15) is 0 Å². The molecular weight excluding hydrogens is 358 g/mol. The summed E-state index contributed by atoms with van der Waals surface area (Å²) < 4.78 is 0. The number of carbonyl (C=O) groups excluding carboxylic acids is 3. The smallest absolute Gasteiger partial charge is 0.252 e. The molecule has 0 bridgehead atoms. The molecule has 1 aromatic rings. The summed E-state index contributed by atoms with van der Waals surface area (Å²) in [5, 5.41) is 5.34. The predicted octanol–water partition coefficient (Wildman–Crippen LogP) is 2.67. The Labute approximate surface area is 162 Å². The molecule has 1 rings (SSSR count). The van der Waals surface area contributed by atoms with Crippen LogP contribution in [-0.4, -0.2) is 31.8 Å². The molecule has 0 aliphatic heterocycles. The number of primary amides is 1. The van der Waals surface area contributed by atoms with E-state index in [-0.39, 0.29) is 17.4 Å². The highest BCUT2D eigenvalue weighted by Gasteiger charge is 2.33. The zero-order valence-electron chi connectivity index (χ0n) is 16.9. The van der Waals surface area contributed by atoms with Gasteiger partial charge in [0.05, 0.1) is 0 Å². The van der Waals surface area contributed by atoms with Gasteiger partial charge in [0.15, 0.2) is 0 Å². The summed E-state index contributed by atoms with van der Waals surface area (Å²) in [4.78, 5) is 35.3. The highest BCUT2D eigenvalue weighted by Crippen LogP contribution is 2.35. The van der Waals surface area contributed by atoms with Gasteiger partial charge < -0.3 is 16.4 Å². The zero-order valence-corrected chi connectivity index (χ0v) is 17.9. The quantitative estimate of drug-likeness (QED) is 0.535. The maximum Gasteiger partial charge on any atom is 0.252 e. The van der Waals surface area contributed by atoms with Gasteiger partial charge in [-0.25, -0.2) is 0 Å². The summed E-state index contributed by atoms with van der Waals surface area (Å²) in [6, 6.07) is 5.58. The van der Waals surface area contributed by atoms with Crippen molar-refractivity contribution in [1.29, 1.82) is 0 Å². The van der Waals surface area contributed by atoms with Crippen molar-refractivity contribution in [3.05, 3.63) is 29.8 Å². The number of hydrogen-bond donors (Lipinski definition) is 3. The van der Waals surface area contributed by atoms with Crippen LogP contribution < -0.4 is 16.4 Å². The van der Waals surface area contributed by atoms with Crippen molar-refractivity contribution < 1.29 is 14.4 Å². The maximum absolute atomic E-state index is 12.4. The Kier molecular flexibility index (Phi) is 7.37. The van der Waals surface area contributed by atoms with E-state index >= 15 is 0 Å². The molecule has 7 heteroatoms. The predicted molar refractivity (Wildman–Crippen MR) is 111 cm³/mol. The molecule has 27 heavy (non-hydrogen) atoms. The highest BCUT2D eigenvalue weighted by molar-refractivity contribution is 6.87. The first kappa shape index (κ1) is 22.4. The van der Waals surface area contributed by atoms with Crippen molar-refractivity contribution in [1.82, 2.24) is 5.32 Å². The van der Waals surface area contributed by atoms with Crippen LogP contribution in [0.5, 0.6) is 0 Å². The highest BCUT2D eigenvalue weighted by atomic mass is 28.3. The van der Waals surface area contributed by atoms with E-state index in [1.807, 2.05) is 0 Å². The second-order valence-corrected chi connectivity index (χ2v) is 13.1. The number of amides is 3. The molecule has 0 aliphatic rings. The van der Waals surface area contributed by atoms with Gasteiger partial charge in [0.25, 0.3) is 5.91 Å². The summed E-state index contributed by atoms with van der Waals surface area (Å²) in [6.45, 7) is 12.2. The first-order valence-corrected chi connectivity index (χ1v) is 11.8. The number of anilines is 1. The van der Waals surface area contributed by atoms with Crippen LogP contribution in [0.2, 0.25) is 18.1 Å². The first-order chi connectivity index (χ1) is 12.3. The van der Waals surface area contributed by atoms with Gasteiger partial charge in [-0.15, -0.1) is 11.5 Å². The monoisotopic (exact) mass is 387 g/mol. The molecule has 0 unspecified atom stereocenters. The van der Waals surface area contributed by atoms with Gasteiger partial charge in [0.1, 0.15) is 14.1 Å². The molecular formula is C20H29N3O3Si. The van der Waals surface area contributed by atoms with Gasteiger partial charge in [-0.1, -0.05) is 39.9 Å². The van der Waals surface area contributed by atoms with E-state index in [1.54, 1.807) is 18.2 Å². The van der Waals surface area contributed by atoms with Gasteiger partial charge in [-0.3, -0.25) is 14.4 Å². The fourth-order valence-electron chi connectivity index (χ4n) is 1.97. The van der Waals surface area contributed by atoms with Gasteiger partial charge in [0, 0.05) is 24.6 Å². The molecule has 0 radical (unpaired) electrons. The van der Waals surface area contributed by atoms with Crippen molar-refractivity contribution in [2.24, 2.45) is 5.73 Å². The normalized spacial score (nSPS) is 12.4. The zero-order chi connectivity index (χ0) is 20.8. The summed E-state index contributed by atoms with van der Waals surface area (Å²) >= 11 is 0. The molecule has 0 fully saturated rings. The summed E-state index contributed by atoms with van der Waals surface area (Å²) in [6.07, 6.45) is 0.166. The first-order valence-electron chi connectivity index (χ1n) is 8.81. The van der Waals surface area contributed by atoms with E-state index < -0.39 is 25.9 Å². The van der Waals surface area contributed by atoms with Gasteiger partial charge >= 0.3 is 0 Å². The lowest BCUT2D eigenvalue weighted by Gasteiger charge is -2.31. The van der Waals surface area contributed by atoms with Gasteiger partial charge in [0.2, 0.25) is 11.8 Å². The summed E-state index contributed by atoms with van der Waals surface area (Å²) in [5.41, 5.74) is 9.56. The molecule has 1 aromatic carbocycles. The second kappa shape index (κ2) is 8.87. The Morgan fingerprint density at radius 2 is 1.85 bits per heavy atom. The van der Waals surface area contributed by atoms with E-state index in [2.05, 4.69) is 56.0 Å². The molecule has 4 N–H and O–H groups in total. The van der Waals surface area contributed by atoms with Gasteiger partial charge in [-0.05, 0) is 23.2 Å². The molecule has 0 saturated carbocycles. The third kappa shape index (κ3) is 6.91. The average Bonchev–Trinajstić information content (AvgIpc) is 2.52. The van der Waals surface area contributed by atoms with Crippen LogP contribution >= 0.6 is 0 Å². The van der Waals surface area contributed by atoms with Crippen LogP contribution in [0.1, 0.15) is 44.5 Å². The van der Waals surface area contributed by atoms with Crippen LogP contribution in [0.3, 0.4) is 0 Å². The lowest BCUT2D eigenvalue weighted by atomic mass is 10.1. The minimum Gasteiger partial charge on any atom is -0.368 e. The van der Waals surface area contributed by atoms with Crippen LogP contribution in [0, 0.1) is 11.5 Å². The fraction of sp³-hybridized carbons (Fsp3) is 0.450. The molecule has 0 spiro atoms. The van der Waals surface area contributed by atoms with E-state index in [1.165, 1.54) is 13.0 Å². The Hall–Kier alpha value is -2.59. The molecule has 0 saturated heterocycles. The molecule has 146 valence electrons. The number of benzene rings is 1. The van der Waals surface area contributed by atoms with Crippen LogP contribution in [0.25, 0.3) is 0 Å². The topological polar surface area (TPSA) is 101 Å². The minimum atomic E-state index is -1.80. The van der Waals surface area contributed by atoms with E-state index in [4.69, 9.17) is 5.73 Å². The fourth-order valence-corrected chi connectivity index (χ4v) is 2.89. The summed E-state index contributed by atoms with van der Waals surface area (Å²) in [5.74, 6) is 1.74. The van der Waals surface area contributed by atoms with Crippen molar-refractivity contribution in [2.45, 2.75) is 58.3 Å². The average molecular weight is 388 g/mol. The van der Waals surface area contributed by atoms with E-state index in [0.717, 1.165) is 0 Å². The van der Waals surface area contributed by atoms with Crippen molar-refractivity contribution >= 4 is 31.5 Å². The van der Waals surface area contributed by atoms with Crippen molar-refractivity contribution in [3.8, 4) is 11.5 Å². The molecule has 6 nitrogen and oxygen atoms in total. The SMILES string of the molecule is CC(=O)Nc1cccc(C(=O)N[C@@H](CC#C[Si](C)(C)C(C)(C)C)C(N)=O)c1. The maximum atomic E-state index is 12.4. The largest absolute Gasteiger partial charge is 0.368 e. The third-order valence-electron chi connectivity index (χ3n) is 4.68. The Bertz CT molecular complexity index is 786. The lowest BCUT2D eigenvalue weighted by Crippen LogP contribution is -2.44. The number of nitrogens with one attached hydrogen (secondary N) is 2. The number of rotatable bonds is 5. The lowest BCUT2D eigenvalue weighted by molar-refractivity contribution is -0.119. The molecule has 0 heterocycles. The molecule has 1 atom stereocenters. The minimum absolute atomic E-state index is 0.107. The molecule has 3 amide bonds. The molecule has 0 aromatic heterocycles. The van der Waals surface area contributed by atoms with E-state index in [0.29, 0.717) is 11.3 Å². The Morgan fingerprint density at radius 1 is 1.22 bits per heavy atom. The molecule has 0 aliphatic carbocycles. The standard InChI is InChI=1S/C20H29N3O3Si/c1-14(24)22-16-10-7-9-15(13-16)19(26)23-17(18(21)25)11-8-12-27(5,6)20(2,3)4/h7,9-10,13,17H,11H2,1-6H3,(H2,21,25)(H,22,24)(H,23,26)/t17-/m0/s1. The third-order valence-corrected chi connectivity index (χ3v) is 9.23. The number of nitrogens with two attached hydrogens (primary N) is 1. The Balaban J connectivity index is 2.88. The van der Waals surface area contributed by atoms with Crippen molar-refractivity contribution in [3.63, 3.8) is 0 Å². The number of hydrogen-bond acceptors (Lipinski definition) is 3.